The number of nitrogens with zero attached hydrogens (tertiary/aromatic N) is 3. The van der Waals surface area contributed by atoms with E-state index in [1.165, 1.54) is 30.6 Å². The highest BCUT2D eigenvalue weighted by Gasteiger charge is 2.12. The van der Waals surface area contributed by atoms with E-state index in [0.29, 0.717) is 0 Å². The Labute approximate surface area is 92.8 Å². The summed E-state index contributed by atoms with van der Waals surface area (Å²) in [5, 5.41) is 0. The Hall–Kier alpha value is -1.16. The van der Waals surface area contributed by atoms with Gasteiger partial charge < -0.3 is 4.90 Å². The van der Waals surface area contributed by atoms with Crippen LogP contribution >= 0.6 is 11.3 Å². The first-order valence-electron chi connectivity index (χ1n) is 5.32. The average Bonchev–Trinajstić information content (AvgIpc) is 2.77. The van der Waals surface area contributed by atoms with E-state index >= 15 is 0 Å². The summed E-state index contributed by atoms with van der Waals surface area (Å²) in [6, 6.07) is 4.11. The number of fused-ring (bicyclic) bond motifs is 1. The molecule has 2 aromatic rings. The van der Waals surface area contributed by atoms with E-state index in [1.54, 1.807) is 0 Å². The summed E-state index contributed by atoms with van der Waals surface area (Å²) >= 11 is 1.49. The van der Waals surface area contributed by atoms with E-state index in [9.17, 15) is 0 Å². The van der Waals surface area contributed by atoms with Gasteiger partial charge in [-0.3, -0.25) is 0 Å². The Morgan fingerprint density at radius 2 is 2.07 bits per heavy atom. The fraction of sp³-hybridized carbons (Fsp3) is 0.455. The number of piperidine rings is 1. The molecule has 77 valence electrons. The van der Waals surface area contributed by atoms with Crippen molar-refractivity contribution in [2.45, 2.75) is 19.3 Å². The van der Waals surface area contributed by atoms with Gasteiger partial charge >= 0.3 is 0 Å². The maximum Gasteiger partial charge on any atom is 0.155 e. The van der Waals surface area contributed by atoms with Gasteiger partial charge in [0.2, 0.25) is 0 Å². The standard InChI is InChI=1S/C11H12N3S/c1-2-6-14(7-3-1)10-5-4-9-11(13-10)15-8-12-9/h4-5H,1-3,6-7H2. The molecular weight excluding hydrogens is 206 g/mol. The summed E-state index contributed by atoms with van der Waals surface area (Å²) in [6.45, 7) is 2.28. The minimum Gasteiger partial charge on any atom is -0.357 e. The molecule has 3 heterocycles. The van der Waals surface area contributed by atoms with Crippen LogP contribution in [0.3, 0.4) is 0 Å². The Morgan fingerprint density at radius 3 is 2.93 bits per heavy atom. The molecule has 4 heteroatoms. The monoisotopic (exact) mass is 218 g/mol. The van der Waals surface area contributed by atoms with Crippen LogP contribution in [0.4, 0.5) is 5.82 Å². The number of rotatable bonds is 1. The number of hydrogen-bond donors (Lipinski definition) is 0. The third kappa shape index (κ3) is 1.69. The summed E-state index contributed by atoms with van der Waals surface area (Å²) in [7, 11) is 0. The summed E-state index contributed by atoms with van der Waals surface area (Å²) < 4.78 is 0. The summed E-state index contributed by atoms with van der Waals surface area (Å²) in [6.07, 6.45) is 3.93. The molecule has 0 spiro atoms. The van der Waals surface area contributed by atoms with Gasteiger partial charge in [0.05, 0.1) is 0 Å². The highest BCUT2D eigenvalue weighted by Crippen LogP contribution is 2.22. The van der Waals surface area contributed by atoms with E-state index in [-0.39, 0.29) is 0 Å². The van der Waals surface area contributed by atoms with Crippen molar-refractivity contribution in [2.24, 2.45) is 0 Å². The van der Waals surface area contributed by atoms with E-state index in [0.717, 1.165) is 29.3 Å². The molecule has 3 rings (SSSR count). The Morgan fingerprint density at radius 1 is 1.20 bits per heavy atom. The first-order chi connectivity index (χ1) is 7.43. The van der Waals surface area contributed by atoms with Crippen LogP contribution in [0.2, 0.25) is 0 Å². The molecule has 0 N–H and O–H groups in total. The largest absolute Gasteiger partial charge is 0.357 e. The zero-order valence-electron chi connectivity index (χ0n) is 8.44. The molecule has 1 fully saturated rings. The topological polar surface area (TPSA) is 29.0 Å². The van der Waals surface area contributed by atoms with Crippen LogP contribution in [0, 0.1) is 5.51 Å². The van der Waals surface area contributed by atoms with Crippen molar-refractivity contribution in [3.8, 4) is 0 Å². The third-order valence-corrected chi connectivity index (χ3v) is 3.49. The van der Waals surface area contributed by atoms with Crippen molar-refractivity contribution in [3.05, 3.63) is 17.6 Å². The number of aromatic nitrogens is 2. The van der Waals surface area contributed by atoms with Crippen molar-refractivity contribution in [3.63, 3.8) is 0 Å². The number of pyridine rings is 1. The smallest absolute Gasteiger partial charge is 0.155 e. The molecule has 2 aromatic heterocycles. The molecule has 0 bridgehead atoms. The highest BCUT2D eigenvalue weighted by atomic mass is 32.1. The lowest BCUT2D eigenvalue weighted by Crippen LogP contribution is -2.29. The van der Waals surface area contributed by atoms with E-state index in [2.05, 4.69) is 26.4 Å². The van der Waals surface area contributed by atoms with Crippen LogP contribution in [-0.4, -0.2) is 23.1 Å². The Kier molecular flexibility index (Phi) is 2.29. The molecular formula is C11H12N3S. The molecule has 1 radical (unpaired) electrons. The second-order valence-electron chi connectivity index (χ2n) is 3.85. The van der Waals surface area contributed by atoms with Crippen LogP contribution in [0.25, 0.3) is 10.3 Å². The fourth-order valence-corrected chi connectivity index (χ4v) is 2.59. The predicted molar refractivity (Wildman–Crippen MR) is 62.3 cm³/mol. The molecule has 1 aliphatic rings. The maximum absolute atomic E-state index is 4.61. The number of anilines is 1. The van der Waals surface area contributed by atoms with Crippen LogP contribution in [0.5, 0.6) is 0 Å². The lowest BCUT2D eigenvalue weighted by molar-refractivity contribution is 0.574. The lowest BCUT2D eigenvalue weighted by Gasteiger charge is -2.27. The molecule has 1 saturated heterocycles. The second-order valence-corrected chi connectivity index (χ2v) is 4.62. The van der Waals surface area contributed by atoms with Gasteiger partial charge in [-0.15, -0.1) is 0 Å². The average molecular weight is 218 g/mol. The first-order valence-corrected chi connectivity index (χ1v) is 6.14. The van der Waals surface area contributed by atoms with Crippen LogP contribution in [0.1, 0.15) is 19.3 Å². The maximum atomic E-state index is 4.61. The van der Waals surface area contributed by atoms with Gasteiger partial charge in [-0.1, -0.05) is 11.3 Å². The first kappa shape index (κ1) is 9.09. The minimum atomic E-state index is 0.959. The van der Waals surface area contributed by atoms with E-state index < -0.39 is 0 Å². The summed E-state index contributed by atoms with van der Waals surface area (Å²) in [5.74, 6) is 1.10. The zero-order chi connectivity index (χ0) is 10.1. The van der Waals surface area contributed by atoms with Crippen molar-refractivity contribution >= 4 is 27.5 Å². The Balaban J connectivity index is 1.95. The van der Waals surface area contributed by atoms with Gasteiger partial charge in [0.15, 0.2) is 5.51 Å². The molecule has 0 aliphatic carbocycles. The molecule has 0 unspecified atom stereocenters. The second kappa shape index (κ2) is 3.77. The zero-order valence-corrected chi connectivity index (χ0v) is 9.26. The van der Waals surface area contributed by atoms with Crippen molar-refractivity contribution < 1.29 is 0 Å². The summed E-state index contributed by atoms with van der Waals surface area (Å²) in [5.41, 5.74) is 3.84. The lowest BCUT2D eigenvalue weighted by atomic mass is 10.1. The van der Waals surface area contributed by atoms with Gasteiger partial charge in [0, 0.05) is 13.1 Å². The number of hydrogen-bond acceptors (Lipinski definition) is 4. The number of thiazole rings is 1. The van der Waals surface area contributed by atoms with Crippen LogP contribution in [-0.2, 0) is 0 Å². The molecule has 15 heavy (non-hydrogen) atoms. The SMILES string of the molecule is [c]1nc2ccc(N3CCCCC3)nc2s1. The van der Waals surface area contributed by atoms with Crippen molar-refractivity contribution in [2.75, 3.05) is 18.0 Å². The molecule has 3 nitrogen and oxygen atoms in total. The third-order valence-electron chi connectivity index (χ3n) is 2.81. The molecule has 0 amide bonds. The van der Waals surface area contributed by atoms with Crippen LogP contribution < -0.4 is 4.90 Å². The molecule has 0 aromatic carbocycles. The molecule has 1 aliphatic heterocycles. The van der Waals surface area contributed by atoms with Gasteiger partial charge in [-0.05, 0) is 31.4 Å². The van der Waals surface area contributed by atoms with E-state index in [4.69, 9.17) is 0 Å². The minimum absolute atomic E-state index is 0.959. The van der Waals surface area contributed by atoms with Crippen molar-refractivity contribution in [1.29, 1.82) is 0 Å². The molecule has 0 saturated carbocycles. The molecule has 0 atom stereocenters. The Bertz CT molecular complexity index is 460. The van der Waals surface area contributed by atoms with Gasteiger partial charge in [-0.25, -0.2) is 9.97 Å². The highest BCUT2D eigenvalue weighted by molar-refractivity contribution is 7.15. The summed E-state index contributed by atoms with van der Waals surface area (Å²) in [4.78, 5) is 12.1. The van der Waals surface area contributed by atoms with E-state index in [1.807, 2.05) is 6.07 Å². The predicted octanol–water partition coefficient (Wildman–Crippen LogP) is 2.48. The normalized spacial score (nSPS) is 17.2. The van der Waals surface area contributed by atoms with Crippen LogP contribution in [0.15, 0.2) is 12.1 Å². The van der Waals surface area contributed by atoms with Crippen molar-refractivity contribution in [1.82, 2.24) is 9.97 Å². The van der Waals surface area contributed by atoms with Gasteiger partial charge in [-0.2, -0.15) is 0 Å². The van der Waals surface area contributed by atoms with Gasteiger partial charge in [0.25, 0.3) is 0 Å². The fourth-order valence-electron chi connectivity index (χ4n) is 2.00. The van der Waals surface area contributed by atoms with Gasteiger partial charge in [0.1, 0.15) is 16.2 Å². The quantitative estimate of drug-likeness (QED) is 0.736.